The Bertz CT molecular complexity index is 732. The summed E-state index contributed by atoms with van der Waals surface area (Å²) in [6.07, 6.45) is 0. The molecule has 0 spiro atoms. The molecule has 0 aromatic heterocycles. The van der Waals surface area contributed by atoms with Crippen LogP contribution in [0.4, 0.5) is 10.5 Å². The van der Waals surface area contributed by atoms with Gasteiger partial charge in [-0.25, -0.2) is 9.59 Å². The maximum Gasteiger partial charge on any atom is 0.329 e. The molecule has 0 aliphatic heterocycles. The van der Waals surface area contributed by atoms with Crippen molar-refractivity contribution in [2.24, 2.45) is 5.92 Å². The van der Waals surface area contributed by atoms with E-state index in [0.29, 0.717) is 11.4 Å². The van der Waals surface area contributed by atoms with Gasteiger partial charge in [-0.05, 0) is 24.1 Å². The molecule has 2 aromatic rings. The molecular formula is C20H24N2O4. The molecule has 0 saturated carbocycles. The van der Waals surface area contributed by atoms with E-state index in [2.05, 4.69) is 10.6 Å². The predicted molar refractivity (Wildman–Crippen MR) is 100 cm³/mol. The normalized spacial score (nSPS) is 11.5. The lowest BCUT2D eigenvalue weighted by Crippen LogP contribution is -2.47. The van der Waals surface area contributed by atoms with Crippen molar-refractivity contribution in [2.75, 3.05) is 12.4 Å². The molecule has 26 heavy (non-hydrogen) atoms. The average Bonchev–Trinajstić information content (AvgIpc) is 2.65. The topological polar surface area (TPSA) is 76.7 Å². The van der Waals surface area contributed by atoms with Crippen molar-refractivity contribution in [1.29, 1.82) is 0 Å². The van der Waals surface area contributed by atoms with Gasteiger partial charge in [0.1, 0.15) is 18.4 Å². The van der Waals surface area contributed by atoms with Crippen LogP contribution in [0.25, 0.3) is 0 Å². The van der Waals surface area contributed by atoms with Gasteiger partial charge >= 0.3 is 12.0 Å². The van der Waals surface area contributed by atoms with E-state index < -0.39 is 18.0 Å². The molecule has 2 N–H and O–H groups in total. The summed E-state index contributed by atoms with van der Waals surface area (Å²) < 4.78 is 10.6. The second-order valence-corrected chi connectivity index (χ2v) is 6.11. The van der Waals surface area contributed by atoms with Gasteiger partial charge in [0.05, 0.1) is 7.11 Å². The average molecular weight is 356 g/mol. The van der Waals surface area contributed by atoms with Crippen molar-refractivity contribution >= 4 is 17.7 Å². The first-order valence-corrected chi connectivity index (χ1v) is 8.42. The Kier molecular flexibility index (Phi) is 7.02. The fourth-order valence-electron chi connectivity index (χ4n) is 2.39. The number of benzene rings is 2. The molecular weight excluding hydrogens is 332 g/mol. The van der Waals surface area contributed by atoms with Crippen LogP contribution in [-0.2, 0) is 16.1 Å². The standard InChI is InChI=1S/C20H24N2O4/c1-14(2)18(22-20(24)21-16-10-5-4-6-11-16)19(23)26-13-15-9-7-8-12-17(15)25-3/h4-12,14,18H,13H2,1-3H3,(H2,21,22,24)/t18-/m1/s1. The van der Waals surface area contributed by atoms with Gasteiger partial charge in [0.2, 0.25) is 0 Å². The summed E-state index contributed by atoms with van der Waals surface area (Å²) in [4.78, 5) is 24.6. The Morgan fingerprint density at radius 1 is 1.00 bits per heavy atom. The fraction of sp³-hybridized carbons (Fsp3) is 0.300. The number of hydrogen-bond donors (Lipinski definition) is 2. The molecule has 0 heterocycles. The monoisotopic (exact) mass is 356 g/mol. The van der Waals surface area contributed by atoms with Gasteiger partial charge in [0.15, 0.2) is 0 Å². The quantitative estimate of drug-likeness (QED) is 0.744. The summed E-state index contributed by atoms with van der Waals surface area (Å²) >= 11 is 0. The van der Waals surface area contributed by atoms with Crippen LogP contribution < -0.4 is 15.4 Å². The van der Waals surface area contributed by atoms with E-state index in [1.807, 2.05) is 50.2 Å². The third-order valence-electron chi connectivity index (χ3n) is 3.80. The number of carbonyl (C=O) groups is 2. The zero-order valence-electron chi connectivity index (χ0n) is 15.2. The second kappa shape index (κ2) is 9.46. The molecule has 1 atom stereocenters. The van der Waals surface area contributed by atoms with Crippen molar-refractivity contribution in [2.45, 2.75) is 26.5 Å². The van der Waals surface area contributed by atoms with Gasteiger partial charge in [-0.1, -0.05) is 50.2 Å². The van der Waals surface area contributed by atoms with Gasteiger partial charge in [-0.15, -0.1) is 0 Å². The number of anilines is 1. The van der Waals surface area contributed by atoms with Gasteiger partial charge < -0.3 is 20.1 Å². The number of nitrogens with one attached hydrogen (secondary N) is 2. The van der Waals surface area contributed by atoms with Crippen LogP contribution in [0.1, 0.15) is 19.4 Å². The lowest BCUT2D eigenvalue weighted by atomic mass is 10.1. The molecule has 2 aromatic carbocycles. The van der Waals surface area contributed by atoms with E-state index in [1.165, 1.54) is 0 Å². The zero-order valence-corrected chi connectivity index (χ0v) is 15.2. The maximum absolute atomic E-state index is 12.4. The number of esters is 1. The van der Waals surface area contributed by atoms with Crippen molar-refractivity contribution in [3.63, 3.8) is 0 Å². The summed E-state index contributed by atoms with van der Waals surface area (Å²) in [5.74, 6) is 0.0342. The molecule has 0 fully saturated rings. The van der Waals surface area contributed by atoms with Gasteiger partial charge in [-0.2, -0.15) is 0 Å². The lowest BCUT2D eigenvalue weighted by molar-refractivity contribution is -0.148. The van der Waals surface area contributed by atoms with E-state index in [9.17, 15) is 9.59 Å². The van der Waals surface area contributed by atoms with Crippen LogP contribution in [0.2, 0.25) is 0 Å². The Labute approximate surface area is 153 Å². The third kappa shape index (κ3) is 5.51. The highest BCUT2D eigenvalue weighted by atomic mass is 16.5. The third-order valence-corrected chi connectivity index (χ3v) is 3.80. The van der Waals surface area contributed by atoms with Crippen LogP contribution in [0.15, 0.2) is 54.6 Å². The number of ether oxygens (including phenoxy) is 2. The van der Waals surface area contributed by atoms with E-state index in [0.717, 1.165) is 5.56 Å². The van der Waals surface area contributed by atoms with Crippen LogP contribution in [0.5, 0.6) is 5.75 Å². The van der Waals surface area contributed by atoms with E-state index in [4.69, 9.17) is 9.47 Å². The Morgan fingerprint density at radius 3 is 2.31 bits per heavy atom. The minimum Gasteiger partial charge on any atom is -0.496 e. The van der Waals surface area contributed by atoms with Crippen LogP contribution in [-0.4, -0.2) is 25.2 Å². The Morgan fingerprint density at radius 2 is 1.65 bits per heavy atom. The molecule has 0 radical (unpaired) electrons. The summed E-state index contributed by atoms with van der Waals surface area (Å²) in [5, 5.41) is 5.37. The van der Waals surface area contributed by atoms with Gasteiger partial charge in [-0.3, -0.25) is 0 Å². The smallest absolute Gasteiger partial charge is 0.329 e. The molecule has 2 amide bonds. The van der Waals surface area contributed by atoms with Crippen LogP contribution >= 0.6 is 0 Å². The predicted octanol–water partition coefficient (Wildman–Crippen LogP) is 3.58. The molecule has 138 valence electrons. The summed E-state index contributed by atoms with van der Waals surface area (Å²) in [6.45, 7) is 3.77. The molecule has 6 heteroatoms. The fourth-order valence-corrected chi connectivity index (χ4v) is 2.39. The minimum atomic E-state index is -0.756. The highest BCUT2D eigenvalue weighted by molar-refractivity contribution is 5.92. The van der Waals surface area contributed by atoms with Crippen molar-refractivity contribution < 1.29 is 19.1 Å². The lowest BCUT2D eigenvalue weighted by Gasteiger charge is -2.21. The number of rotatable bonds is 7. The summed E-state index contributed by atoms with van der Waals surface area (Å²) in [7, 11) is 1.56. The number of carbonyl (C=O) groups excluding carboxylic acids is 2. The molecule has 0 aliphatic carbocycles. The molecule has 0 bridgehead atoms. The van der Waals surface area contributed by atoms with E-state index in [1.54, 1.807) is 25.3 Å². The highest BCUT2D eigenvalue weighted by Crippen LogP contribution is 2.18. The second-order valence-electron chi connectivity index (χ2n) is 6.11. The summed E-state index contributed by atoms with van der Waals surface area (Å²) in [6, 6.07) is 15.1. The number of amides is 2. The number of hydrogen-bond acceptors (Lipinski definition) is 4. The van der Waals surface area contributed by atoms with E-state index >= 15 is 0 Å². The number of urea groups is 1. The van der Waals surface area contributed by atoms with Gasteiger partial charge in [0.25, 0.3) is 0 Å². The summed E-state index contributed by atoms with van der Waals surface area (Å²) in [5.41, 5.74) is 1.41. The maximum atomic E-state index is 12.4. The van der Waals surface area contributed by atoms with Crippen LogP contribution in [0.3, 0.4) is 0 Å². The van der Waals surface area contributed by atoms with Crippen molar-refractivity contribution in [3.05, 3.63) is 60.2 Å². The molecule has 2 rings (SSSR count). The van der Waals surface area contributed by atoms with Crippen molar-refractivity contribution in [1.82, 2.24) is 5.32 Å². The minimum absolute atomic E-state index is 0.0774. The first kappa shape index (κ1) is 19.3. The van der Waals surface area contributed by atoms with Crippen molar-refractivity contribution in [3.8, 4) is 5.75 Å². The highest BCUT2D eigenvalue weighted by Gasteiger charge is 2.26. The molecule has 6 nitrogen and oxygen atoms in total. The first-order chi connectivity index (χ1) is 12.5. The van der Waals surface area contributed by atoms with Gasteiger partial charge in [0, 0.05) is 11.3 Å². The molecule has 0 unspecified atom stereocenters. The van der Waals surface area contributed by atoms with Crippen LogP contribution in [0, 0.1) is 5.92 Å². The van der Waals surface area contributed by atoms with E-state index in [-0.39, 0.29) is 12.5 Å². The molecule has 0 aliphatic rings. The first-order valence-electron chi connectivity index (χ1n) is 8.42. The number of para-hydroxylation sites is 2. The zero-order chi connectivity index (χ0) is 18.9. The largest absolute Gasteiger partial charge is 0.496 e. The SMILES string of the molecule is COc1ccccc1COC(=O)[C@H](NC(=O)Nc1ccccc1)C(C)C. The Balaban J connectivity index is 1.95. The number of methoxy groups -OCH3 is 1. The Hall–Kier alpha value is -3.02. The molecule has 0 saturated heterocycles.